The number of nitrogens with zero attached hydrogens (tertiary/aromatic N) is 1. The summed E-state index contributed by atoms with van der Waals surface area (Å²) in [6.07, 6.45) is 1.35. The van der Waals surface area contributed by atoms with Crippen LogP contribution in [-0.2, 0) is 4.79 Å². The van der Waals surface area contributed by atoms with E-state index in [4.69, 9.17) is 0 Å². The molecule has 0 spiro atoms. The molecule has 21 heavy (non-hydrogen) atoms. The molecule has 0 radical (unpaired) electrons. The lowest BCUT2D eigenvalue weighted by Gasteiger charge is -2.35. The first kappa shape index (κ1) is 15.4. The van der Waals surface area contributed by atoms with E-state index in [-0.39, 0.29) is 6.03 Å². The zero-order valence-electron chi connectivity index (χ0n) is 12.7. The molecule has 1 saturated heterocycles. The molecule has 2 N–H and O–H groups in total. The van der Waals surface area contributed by atoms with Crippen molar-refractivity contribution in [2.24, 2.45) is 5.92 Å². The van der Waals surface area contributed by atoms with Crippen molar-refractivity contribution in [3.63, 3.8) is 0 Å². The molecule has 2 atom stereocenters. The first-order valence-electron chi connectivity index (χ1n) is 7.25. The number of urea groups is 1. The zero-order chi connectivity index (χ0) is 15.6. The summed E-state index contributed by atoms with van der Waals surface area (Å²) in [5.74, 6) is -0.603. The van der Waals surface area contributed by atoms with Gasteiger partial charge in [-0.2, -0.15) is 0 Å². The molecular formula is C16H22N2O3. The molecule has 2 rings (SSSR count). The summed E-state index contributed by atoms with van der Waals surface area (Å²) in [5, 5.41) is 12.1. The standard InChI is InChI=1S/C16H22N2O3/c1-10-4-5-18(14(9-10)15(19)20)16(21)17-13-7-11(2)6-12(3)8-13/h6-8,10,14H,4-5,9H2,1-3H3,(H,17,21)(H,19,20). The van der Waals surface area contributed by atoms with Crippen LogP contribution in [0.3, 0.4) is 0 Å². The predicted octanol–water partition coefficient (Wildman–Crippen LogP) is 3.02. The average molecular weight is 290 g/mol. The Balaban J connectivity index is 2.12. The normalized spacial score (nSPS) is 22.0. The van der Waals surface area contributed by atoms with Crippen LogP contribution in [0.4, 0.5) is 10.5 Å². The monoisotopic (exact) mass is 290 g/mol. The maximum atomic E-state index is 12.4. The van der Waals surface area contributed by atoms with Crippen molar-refractivity contribution >= 4 is 17.7 Å². The van der Waals surface area contributed by atoms with Crippen molar-refractivity contribution in [1.82, 2.24) is 4.90 Å². The SMILES string of the molecule is Cc1cc(C)cc(NC(=O)N2CCC(C)CC2C(=O)O)c1. The van der Waals surface area contributed by atoms with Crippen molar-refractivity contribution in [2.45, 2.75) is 39.7 Å². The molecule has 5 heteroatoms. The summed E-state index contributed by atoms with van der Waals surface area (Å²) in [6, 6.07) is 4.72. The summed E-state index contributed by atoms with van der Waals surface area (Å²) >= 11 is 0. The van der Waals surface area contributed by atoms with Gasteiger partial charge in [-0.15, -0.1) is 0 Å². The van der Waals surface area contributed by atoms with E-state index in [2.05, 4.69) is 5.32 Å². The Bertz CT molecular complexity index is 536. The van der Waals surface area contributed by atoms with Crippen molar-refractivity contribution in [3.8, 4) is 0 Å². The topological polar surface area (TPSA) is 69.6 Å². The Morgan fingerprint density at radius 1 is 1.24 bits per heavy atom. The maximum Gasteiger partial charge on any atom is 0.326 e. The molecule has 1 heterocycles. The molecule has 0 bridgehead atoms. The van der Waals surface area contributed by atoms with Gasteiger partial charge in [0.2, 0.25) is 0 Å². The quantitative estimate of drug-likeness (QED) is 0.879. The van der Waals surface area contributed by atoms with Gasteiger partial charge in [0.1, 0.15) is 6.04 Å². The van der Waals surface area contributed by atoms with Crippen LogP contribution in [-0.4, -0.2) is 34.6 Å². The summed E-state index contributed by atoms with van der Waals surface area (Å²) < 4.78 is 0. The molecule has 0 saturated carbocycles. The lowest BCUT2D eigenvalue weighted by atomic mass is 9.93. The molecule has 2 unspecified atom stereocenters. The second-order valence-electron chi connectivity index (χ2n) is 5.98. The molecule has 5 nitrogen and oxygen atoms in total. The third-order valence-corrected chi connectivity index (χ3v) is 3.88. The van der Waals surface area contributed by atoms with Gasteiger partial charge in [-0.3, -0.25) is 0 Å². The number of likely N-dealkylation sites (tertiary alicyclic amines) is 1. The van der Waals surface area contributed by atoms with E-state index < -0.39 is 12.0 Å². The third-order valence-electron chi connectivity index (χ3n) is 3.88. The van der Waals surface area contributed by atoms with E-state index in [1.54, 1.807) is 0 Å². The second kappa shape index (κ2) is 6.16. The minimum Gasteiger partial charge on any atom is -0.480 e. The van der Waals surface area contributed by atoms with Crippen LogP contribution in [0.1, 0.15) is 30.9 Å². The number of carboxylic acids is 1. The van der Waals surface area contributed by atoms with Crippen molar-refractivity contribution in [3.05, 3.63) is 29.3 Å². The van der Waals surface area contributed by atoms with Crippen LogP contribution in [0, 0.1) is 19.8 Å². The summed E-state index contributed by atoms with van der Waals surface area (Å²) in [6.45, 7) is 6.43. The molecule has 1 aliphatic rings. The number of carboxylic acid groups (broad SMARTS) is 1. The van der Waals surface area contributed by atoms with Crippen LogP contribution in [0.25, 0.3) is 0 Å². The number of carbonyl (C=O) groups excluding carboxylic acids is 1. The zero-order valence-corrected chi connectivity index (χ0v) is 12.7. The Labute approximate surface area is 125 Å². The maximum absolute atomic E-state index is 12.4. The Kier molecular flexibility index (Phi) is 4.50. The van der Waals surface area contributed by atoms with E-state index in [1.807, 2.05) is 39.0 Å². The average Bonchev–Trinajstić information content (AvgIpc) is 2.36. The molecule has 1 aromatic rings. The fourth-order valence-electron chi connectivity index (χ4n) is 2.86. The molecule has 0 aromatic heterocycles. The van der Waals surface area contributed by atoms with Gasteiger partial charge in [-0.05, 0) is 55.9 Å². The first-order valence-corrected chi connectivity index (χ1v) is 7.25. The molecular weight excluding hydrogens is 268 g/mol. The molecule has 0 aliphatic carbocycles. The number of aryl methyl sites for hydroxylation is 2. The van der Waals surface area contributed by atoms with Gasteiger partial charge >= 0.3 is 12.0 Å². The molecule has 1 fully saturated rings. The molecule has 2 amide bonds. The van der Waals surface area contributed by atoms with E-state index in [0.717, 1.165) is 17.5 Å². The van der Waals surface area contributed by atoms with E-state index in [1.165, 1.54) is 4.90 Å². The lowest BCUT2D eigenvalue weighted by Crippen LogP contribution is -2.51. The first-order chi connectivity index (χ1) is 9.86. The highest BCUT2D eigenvalue weighted by molar-refractivity contribution is 5.92. The highest BCUT2D eigenvalue weighted by Crippen LogP contribution is 2.24. The van der Waals surface area contributed by atoms with Gasteiger partial charge in [0, 0.05) is 12.2 Å². The number of benzene rings is 1. The van der Waals surface area contributed by atoms with Crippen LogP contribution < -0.4 is 5.32 Å². The van der Waals surface area contributed by atoms with Crippen LogP contribution in [0.5, 0.6) is 0 Å². The Hall–Kier alpha value is -2.04. The Morgan fingerprint density at radius 3 is 2.43 bits per heavy atom. The number of anilines is 1. The number of carbonyl (C=O) groups is 2. The third kappa shape index (κ3) is 3.74. The number of nitrogens with one attached hydrogen (secondary N) is 1. The highest BCUT2D eigenvalue weighted by atomic mass is 16.4. The number of piperidine rings is 1. The smallest absolute Gasteiger partial charge is 0.326 e. The van der Waals surface area contributed by atoms with Crippen molar-refractivity contribution < 1.29 is 14.7 Å². The van der Waals surface area contributed by atoms with E-state index in [9.17, 15) is 14.7 Å². The molecule has 1 aliphatic heterocycles. The molecule has 114 valence electrons. The number of hydrogen-bond acceptors (Lipinski definition) is 2. The van der Waals surface area contributed by atoms with Gasteiger partial charge < -0.3 is 15.3 Å². The van der Waals surface area contributed by atoms with Crippen molar-refractivity contribution in [2.75, 3.05) is 11.9 Å². The van der Waals surface area contributed by atoms with Crippen LogP contribution >= 0.6 is 0 Å². The number of amides is 2. The Morgan fingerprint density at radius 2 is 1.86 bits per heavy atom. The number of hydrogen-bond donors (Lipinski definition) is 2. The molecule has 1 aromatic carbocycles. The van der Waals surface area contributed by atoms with Gasteiger partial charge in [0.05, 0.1) is 0 Å². The lowest BCUT2D eigenvalue weighted by molar-refractivity contribution is -0.143. The van der Waals surface area contributed by atoms with Crippen LogP contribution in [0.2, 0.25) is 0 Å². The minimum atomic E-state index is -0.933. The predicted molar refractivity (Wildman–Crippen MR) is 81.5 cm³/mol. The largest absolute Gasteiger partial charge is 0.480 e. The number of aliphatic carboxylic acids is 1. The summed E-state index contributed by atoms with van der Waals surface area (Å²) in [5.41, 5.74) is 2.83. The van der Waals surface area contributed by atoms with E-state index in [0.29, 0.717) is 24.6 Å². The highest BCUT2D eigenvalue weighted by Gasteiger charge is 2.34. The van der Waals surface area contributed by atoms with Crippen LogP contribution in [0.15, 0.2) is 18.2 Å². The minimum absolute atomic E-state index is 0.330. The van der Waals surface area contributed by atoms with Gasteiger partial charge in [-0.1, -0.05) is 13.0 Å². The van der Waals surface area contributed by atoms with Gasteiger partial charge in [0.25, 0.3) is 0 Å². The number of rotatable bonds is 2. The van der Waals surface area contributed by atoms with Crippen molar-refractivity contribution in [1.29, 1.82) is 0 Å². The fraction of sp³-hybridized carbons (Fsp3) is 0.500. The fourth-order valence-corrected chi connectivity index (χ4v) is 2.86. The van der Waals surface area contributed by atoms with Gasteiger partial charge in [-0.25, -0.2) is 9.59 Å². The second-order valence-corrected chi connectivity index (χ2v) is 5.98. The van der Waals surface area contributed by atoms with E-state index >= 15 is 0 Å². The van der Waals surface area contributed by atoms with Gasteiger partial charge in [0.15, 0.2) is 0 Å². The summed E-state index contributed by atoms with van der Waals surface area (Å²) in [4.78, 5) is 25.1. The summed E-state index contributed by atoms with van der Waals surface area (Å²) in [7, 11) is 0.